The third-order valence-electron chi connectivity index (χ3n) is 4.12. The topological polar surface area (TPSA) is 29.6 Å². The molecule has 0 saturated heterocycles. The van der Waals surface area contributed by atoms with Gasteiger partial charge in [-0.1, -0.05) is 89.4 Å². The van der Waals surface area contributed by atoms with Gasteiger partial charge < -0.3 is 0 Å². The fourth-order valence-electron chi connectivity index (χ4n) is 2.68. The standard InChI is InChI=1S/C22H14Cl3N3S/c23-17-10-4-5-12-19(17)27-22-28(20(14-29-22)15-7-2-1-3-8-15)26-13-16-9-6-11-18(24)21(16)25/h1-14H. The van der Waals surface area contributed by atoms with Gasteiger partial charge in [0.2, 0.25) is 4.80 Å². The lowest BCUT2D eigenvalue weighted by Crippen LogP contribution is -2.11. The van der Waals surface area contributed by atoms with Gasteiger partial charge in [-0.05, 0) is 18.2 Å². The van der Waals surface area contributed by atoms with E-state index in [1.807, 2.05) is 72.1 Å². The molecule has 144 valence electrons. The number of thiazole rings is 1. The van der Waals surface area contributed by atoms with Crippen LogP contribution >= 0.6 is 46.1 Å². The molecule has 0 aliphatic heterocycles. The molecule has 7 heteroatoms. The Morgan fingerprint density at radius 2 is 1.52 bits per heavy atom. The van der Waals surface area contributed by atoms with Crippen molar-refractivity contribution in [2.45, 2.75) is 0 Å². The lowest BCUT2D eigenvalue weighted by atomic mass is 10.2. The minimum Gasteiger partial charge on any atom is -0.218 e. The second-order valence-electron chi connectivity index (χ2n) is 6.03. The predicted molar refractivity (Wildman–Crippen MR) is 124 cm³/mol. The minimum absolute atomic E-state index is 0.458. The van der Waals surface area contributed by atoms with Crippen LogP contribution in [-0.2, 0) is 0 Å². The maximum absolute atomic E-state index is 6.31. The minimum atomic E-state index is 0.458. The third-order valence-corrected chi connectivity index (χ3v) is 6.09. The first-order chi connectivity index (χ1) is 14.1. The molecular weight excluding hydrogens is 445 g/mol. The fourth-order valence-corrected chi connectivity index (χ4v) is 4.07. The summed E-state index contributed by atoms with van der Waals surface area (Å²) in [6.45, 7) is 0. The van der Waals surface area contributed by atoms with Gasteiger partial charge in [0.05, 0.1) is 32.7 Å². The Balaban J connectivity index is 1.88. The first kappa shape index (κ1) is 19.9. The number of hydrogen-bond donors (Lipinski definition) is 0. The Kier molecular flexibility index (Phi) is 6.16. The fraction of sp³-hybridized carbons (Fsp3) is 0. The summed E-state index contributed by atoms with van der Waals surface area (Å²) in [6, 6.07) is 22.9. The van der Waals surface area contributed by atoms with Crippen LogP contribution in [0.15, 0.2) is 88.3 Å². The van der Waals surface area contributed by atoms with Gasteiger partial charge in [0.15, 0.2) is 0 Å². The molecule has 29 heavy (non-hydrogen) atoms. The van der Waals surface area contributed by atoms with Crippen LogP contribution in [-0.4, -0.2) is 10.9 Å². The van der Waals surface area contributed by atoms with Crippen LogP contribution in [0.2, 0.25) is 15.1 Å². The van der Waals surface area contributed by atoms with E-state index in [4.69, 9.17) is 39.8 Å². The molecule has 0 aliphatic rings. The summed E-state index contributed by atoms with van der Waals surface area (Å²) in [6.07, 6.45) is 1.68. The molecule has 1 aromatic heterocycles. The normalized spacial score (nSPS) is 12.0. The van der Waals surface area contributed by atoms with Gasteiger partial charge in [0.1, 0.15) is 0 Å². The van der Waals surface area contributed by atoms with E-state index < -0.39 is 0 Å². The second kappa shape index (κ2) is 8.97. The number of hydrogen-bond acceptors (Lipinski definition) is 3. The smallest absolute Gasteiger partial charge is 0.211 e. The summed E-state index contributed by atoms with van der Waals surface area (Å²) in [7, 11) is 0. The van der Waals surface area contributed by atoms with Crippen LogP contribution in [0.3, 0.4) is 0 Å². The van der Waals surface area contributed by atoms with Crippen molar-refractivity contribution in [3.8, 4) is 11.3 Å². The zero-order chi connectivity index (χ0) is 20.2. The van der Waals surface area contributed by atoms with Gasteiger partial charge in [-0.3, -0.25) is 0 Å². The molecule has 0 saturated carbocycles. The van der Waals surface area contributed by atoms with Crippen molar-refractivity contribution in [3.05, 3.63) is 104 Å². The Labute approximate surface area is 187 Å². The average molecular weight is 459 g/mol. The van der Waals surface area contributed by atoms with E-state index in [1.165, 1.54) is 11.3 Å². The molecule has 4 aromatic rings. The van der Waals surface area contributed by atoms with Crippen LogP contribution in [0.5, 0.6) is 0 Å². The number of halogens is 3. The van der Waals surface area contributed by atoms with Gasteiger partial charge in [0.25, 0.3) is 0 Å². The highest BCUT2D eigenvalue weighted by atomic mass is 35.5. The molecule has 0 aliphatic carbocycles. The third kappa shape index (κ3) is 4.46. The molecule has 0 bridgehead atoms. The highest BCUT2D eigenvalue weighted by Crippen LogP contribution is 2.26. The van der Waals surface area contributed by atoms with Gasteiger partial charge in [-0.2, -0.15) is 5.10 Å². The number of nitrogens with zero attached hydrogens (tertiary/aromatic N) is 3. The van der Waals surface area contributed by atoms with Crippen LogP contribution in [0.4, 0.5) is 5.69 Å². The van der Waals surface area contributed by atoms with E-state index in [0.717, 1.165) is 16.8 Å². The molecule has 0 radical (unpaired) electrons. The SMILES string of the molecule is Clc1ccccc1N=c1scc(-c2ccccc2)n1N=Cc1cccc(Cl)c1Cl. The summed E-state index contributed by atoms with van der Waals surface area (Å²) in [5.74, 6) is 0. The molecule has 0 spiro atoms. The Morgan fingerprint density at radius 1 is 0.793 bits per heavy atom. The first-order valence-corrected chi connectivity index (χ1v) is 10.7. The van der Waals surface area contributed by atoms with Crippen molar-refractivity contribution in [3.63, 3.8) is 0 Å². The first-order valence-electron chi connectivity index (χ1n) is 8.67. The number of benzene rings is 3. The Morgan fingerprint density at radius 3 is 2.31 bits per heavy atom. The van der Waals surface area contributed by atoms with Crippen LogP contribution in [0, 0.1) is 0 Å². The number of aromatic nitrogens is 1. The maximum Gasteiger partial charge on any atom is 0.211 e. The van der Waals surface area contributed by atoms with E-state index in [-0.39, 0.29) is 0 Å². The quantitative estimate of drug-likeness (QED) is 0.287. The van der Waals surface area contributed by atoms with Crippen molar-refractivity contribution in [1.82, 2.24) is 4.68 Å². The molecule has 0 unspecified atom stereocenters. The van der Waals surface area contributed by atoms with Crippen molar-refractivity contribution >= 4 is 58.0 Å². The highest BCUT2D eigenvalue weighted by Gasteiger charge is 2.09. The van der Waals surface area contributed by atoms with Gasteiger partial charge in [-0.25, -0.2) is 9.67 Å². The van der Waals surface area contributed by atoms with Crippen LogP contribution < -0.4 is 4.80 Å². The molecule has 0 N–H and O–H groups in total. The van der Waals surface area contributed by atoms with Gasteiger partial charge in [-0.15, -0.1) is 11.3 Å². The van der Waals surface area contributed by atoms with E-state index in [0.29, 0.717) is 25.6 Å². The summed E-state index contributed by atoms with van der Waals surface area (Å²) >= 11 is 20.2. The van der Waals surface area contributed by atoms with Crippen molar-refractivity contribution in [2.24, 2.45) is 10.1 Å². The summed E-state index contributed by atoms with van der Waals surface area (Å²) in [4.78, 5) is 5.40. The Bertz CT molecular complexity index is 1240. The van der Waals surface area contributed by atoms with Crippen molar-refractivity contribution in [1.29, 1.82) is 0 Å². The van der Waals surface area contributed by atoms with E-state index in [1.54, 1.807) is 17.0 Å². The summed E-state index contributed by atoms with van der Waals surface area (Å²) in [5.41, 5.74) is 3.34. The molecular formula is C22H14Cl3N3S. The zero-order valence-corrected chi connectivity index (χ0v) is 18.1. The lowest BCUT2D eigenvalue weighted by Gasteiger charge is -2.04. The van der Waals surface area contributed by atoms with Crippen LogP contribution in [0.1, 0.15) is 5.56 Å². The van der Waals surface area contributed by atoms with Gasteiger partial charge in [0, 0.05) is 16.5 Å². The zero-order valence-electron chi connectivity index (χ0n) is 15.0. The molecule has 0 atom stereocenters. The number of rotatable bonds is 4. The van der Waals surface area contributed by atoms with E-state index in [9.17, 15) is 0 Å². The molecule has 0 amide bonds. The summed E-state index contributed by atoms with van der Waals surface area (Å²) in [5, 5.41) is 8.20. The molecule has 3 aromatic carbocycles. The molecule has 3 nitrogen and oxygen atoms in total. The van der Waals surface area contributed by atoms with E-state index in [2.05, 4.69) is 5.10 Å². The lowest BCUT2D eigenvalue weighted by molar-refractivity contribution is 0.855. The molecule has 4 rings (SSSR count). The summed E-state index contributed by atoms with van der Waals surface area (Å²) < 4.78 is 1.78. The molecule has 1 heterocycles. The second-order valence-corrected chi connectivity index (χ2v) is 8.06. The van der Waals surface area contributed by atoms with Crippen molar-refractivity contribution in [2.75, 3.05) is 0 Å². The maximum atomic E-state index is 6.31. The largest absolute Gasteiger partial charge is 0.218 e. The monoisotopic (exact) mass is 457 g/mol. The highest BCUT2D eigenvalue weighted by molar-refractivity contribution is 7.07. The van der Waals surface area contributed by atoms with Crippen LogP contribution in [0.25, 0.3) is 11.3 Å². The predicted octanol–water partition coefficient (Wildman–Crippen LogP) is 7.29. The van der Waals surface area contributed by atoms with E-state index >= 15 is 0 Å². The Hall–Kier alpha value is -2.37. The average Bonchev–Trinajstić information content (AvgIpc) is 3.14. The molecule has 0 fully saturated rings. The van der Waals surface area contributed by atoms with Crippen molar-refractivity contribution < 1.29 is 0 Å². The number of para-hydroxylation sites is 1. The van der Waals surface area contributed by atoms with Gasteiger partial charge >= 0.3 is 0 Å².